The summed E-state index contributed by atoms with van der Waals surface area (Å²) in [6.07, 6.45) is 0. The van der Waals surface area contributed by atoms with Crippen molar-refractivity contribution in [3.05, 3.63) is 25.9 Å². The van der Waals surface area contributed by atoms with E-state index < -0.39 is 0 Å². The molecule has 106 valence electrons. The van der Waals surface area contributed by atoms with E-state index in [1.165, 1.54) is 0 Å². The van der Waals surface area contributed by atoms with Gasteiger partial charge in [0.15, 0.2) is 0 Å². The molecule has 1 aromatic heterocycles. The molecule has 0 aliphatic rings. The maximum absolute atomic E-state index is 12.5. The first-order chi connectivity index (χ1) is 8.68. The predicted molar refractivity (Wildman–Crippen MR) is 80.7 cm³/mol. The van der Waals surface area contributed by atoms with Crippen LogP contribution in [0.5, 0.6) is 0 Å². The largest absolute Gasteiger partial charge is 0.332 e. The van der Waals surface area contributed by atoms with Crippen LogP contribution in [0.4, 0.5) is 0 Å². The van der Waals surface area contributed by atoms with Gasteiger partial charge in [-0.25, -0.2) is 4.98 Å². The molecular weight excluding hydrogens is 330 g/mol. The number of halogens is 4. The highest BCUT2D eigenvalue weighted by Crippen LogP contribution is 2.36. The highest BCUT2D eigenvalue weighted by molar-refractivity contribution is 6.52. The zero-order valence-electron chi connectivity index (χ0n) is 11.0. The quantitative estimate of drug-likeness (QED) is 0.727. The van der Waals surface area contributed by atoms with Gasteiger partial charge < -0.3 is 4.90 Å². The van der Waals surface area contributed by atoms with E-state index in [1.54, 1.807) is 4.90 Å². The van der Waals surface area contributed by atoms with Crippen LogP contribution in [-0.4, -0.2) is 27.9 Å². The average Bonchev–Trinajstić information content (AvgIpc) is 2.30. The molecule has 0 aliphatic carbocycles. The van der Waals surface area contributed by atoms with E-state index >= 15 is 0 Å². The van der Waals surface area contributed by atoms with Crippen LogP contribution >= 0.6 is 46.4 Å². The van der Waals surface area contributed by atoms with Crippen molar-refractivity contribution in [3.8, 4) is 0 Å². The van der Waals surface area contributed by atoms with Crippen LogP contribution in [0.1, 0.15) is 38.2 Å². The number of nitrogens with zero attached hydrogens (tertiary/aromatic N) is 2. The van der Waals surface area contributed by atoms with Gasteiger partial charge in [0.05, 0.1) is 15.1 Å². The summed E-state index contributed by atoms with van der Waals surface area (Å²) in [6, 6.07) is -0.00260. The lowest BCUT2D eigenvalue weighted by molar-refractivity contribution is 0.0638. The molecule has 0 fully saturated rings. The summed E-state index contributed by atoms with van der Waals surface area (Å²) in [5.41, 5.74) is 0.0171. The van der Waals surface area contributed by atoms with Crippen molar-refractivity contribution >= 4 is 52.3 Å². The van der Waals surface area contributed by atoms with E-state index in [1.807, 2.05) is 27.7 Å². The van der Waals surface area contributed by atoms with Crippen LogP contribution < -0.4 is 0 Å². The number of aromatic nitrogens is 1. The molecule has 0 aromatic carbocycles. The lowest BCUT2D eigenvalue weighted by Crippen LogP contribution is -2.42. The Morgan fingerprint density at radius 3 is 1.84 bits per heavy atom. The van der Waals surface area contributed by atoms with E-state index in [2.05, 4.69) is 4.98 Å². The minimum absolute atomic E-state index is 0.00130. The highest BCUT2D eigenvalue weighted by Gasteiger charge is 2.27. The summed E-state index contributed by atoms with van der Waals surface area (Å²) in [6.45, 7) is 7.63. The Morgan fingerprint density at radius 1 is 0.947 bits per heavy atom. The first kappa shape index (κ1) is 16.8. The Hall–Kier alpha value is -0.220. The lowest BCUT2D eigenvalue weighted by atomic mass is 10.2. The Kier molecular flexibility index (Phi) is 5.75. The molecule has 0 saturated carbocycles. The van der Waals surface area contributed by atoms with Gasteiger partial charge in [-0.3, -0.25) is 4.79 Å². The maximum atomic E-state index is 12.5. The van der Waals surface area contributed by atoms with E-state index in [4.69, 9.17) is 46.4 Å². The number of amides is 1. The Bertz CT molecular complexity index is 495. The van der Waals surface area contributed by atoms with Crippen LogP contribution in [0.3, 0.4) is 0 Å². The molecule has 3 nitrogen and oxygen atoms in total. The fourth-order valence-electron chi connectivity index (χ4n) is 1.82. The molecule has 0 spiro atoms. The van der Waals surface area contributed by atoms with Gasteiger partial charge in [0, 0.05) is 12.1 Å². The third-order valence-electron chi connectivity index (χ3n) is 2.53. The molecular formula is C12H14Cl4N2O. The van der Waals surface area contributed by atoms with Crippen molar-refractivity contribution in [1.29, 1.82) is 0 Å². The monoisotopic (exact) mass is 342 g/mol. The molecule has 0 radical (unpaired) electrons. The molecule has 1 heterocycles. The zero-order chi connectivity index (χ0) is 14.9. The highest BCUT2D eigenvalue weighted by atomic mass is 35.5. The molecule has 1 aromatic rings. The van der Waals surface area contributed by atoms with Crippen molar-refractivity contribution in [3.63, 3.8) is 0 Å². The second kappa shape index (κ2) is 6.49. The van der Waals surface area contributed by atoms with Gasteiger partial charge in [-0.15, -0.1) is 0 Å². The maximum Gasteiger partial charge on any atom is 0.274 e. The zero-order valence-corrected chi connectivity index (χ0v) is 14.0. The third kappa shape index (κ3) is 3.46. The van der Waals surface area contributed by atoms with E-state index in [9.17, 15) is 4.79 Å². The normalized spacial score (nSPS) is 11.3. The SMILES string of the molecule is CC(C)N(C(=O)c1nc(Cl)c(Cl)c(Cl)c1Cl)C(C)C. The molecule has 0 unspecified atom stereocenters. The molecule has 0 N–H and O–H groups in total. The molecule has 0 aliphatic heterocycles. The third-order valence-corrected chi connectivity index (χ3v) is 4.21. The minimum atomic E-state index is -0.324. The van der Waals surface area contributed by atoms with E-state index in [0.717, 1.165) is 0 Å². The number of carbonyl (C=O) groups excluding carboxylic acids is 1. The molecule has 0 saturated heterocycles. The number of carbonyl (C=O) groups is 1. The van der Waals surface area contributed by atoms with Crippen LogP contribution in [0.25, 0.3) is 0 Å². The summed E-state index contributed by atoms with van der Waals surface area (Å²) >= 11 is 23.6. The van der Waals surface area contributed by atoms with Crippen molar-refractivity contribution in [2.45, 2.75) is 39.8 Å². The summed E-state index contributed by atoms with van der Waals surface area (Å²) in [5.74, 6) is -0.324. The first-order valence-electron chi connectivity index (χ1n) is 5.71. The van der Waals surface area contributed by atoms with Crippen LogP contribution in [-0.2, 0) is 0 Å². The second-order valence-electron chi connectivity index (χ2n) is 4.59. The van der Waals surface area contributed by atoms with Gasteiger partial charge in [0.1, 0.15) is 10.8 Å². The summed E-state index contributed by atoms with van der Waals surface area (Å²) in [4.78, 5) is 18.1. The Balaban J connectivity index is 3.34. The van der Waals surface area contributed by atoms with Gasteiger partial charge in [-0.2, -0.15) is 0 Å². The van der Waals surface area contributed by atoms with Gasteiger partial charge in [-0.05, 0) is 27.7 Å². The van der Waals surface area contributed by atoms with Crippen molar-refractivity contribution < 1.29 is 4.79 Å². The molecule has 0 atom stereocenters. The van der Waals surface area contributed by atoms with Crippen molar-refractivity contribution in [2.24, 2.45) is 0 Å². The fourth-order valence-corrected chi connectivity index (χ4v) is 2.63. The number of pyridine rings is 1. The molecule has 7 heteroatoms. The van der Waals surface area contributed by atoms with Crippen molar-refractivity contribution in [1.82, 2.24) is 9.88 Å². The minimum Gasteiger partial charge on any atom is -0.332 e. The molecule has 19 heavy (non-hydrogen) atoms. The number of rotatable bonds is 3. The Morgan fingerprint density at radius 2 is 1.42 bits per heavy atom. The molecule has 0 bridgehead atoms. The standard InChI is InChI=1S/C12H14Cl4N2O/c1-5(2)18(6(3)4)12(19)10-8(14)7(13)9(15)11(16)17-10/h5-6H,1-4H3. The molecule has 1 rings (SSSR count). The van der Waals surface area contributed by atoms with Gasteiger partial charge in [-0.1, -0.05) is 46.4 Å². The van der Waals surface area contributed by atoms with Gasteiger partial charge in [0.2, 0.25) is 0 Å². The smallest absolute Gasteiger partial charge is 0.274 e. The van der Waals surface area contributed by atoms with Gasteiger partial charge >= 0.3 is 0 Å². The predicted octanol–water partition coefficient (Wildman–Crippen LogP) is 4.95. The average molecular weight is 344 g/mol. The topological polar surface area (TPSA) is 33.2 Å². The van der Waals surface area contributed by atoms with Crippen LogP contribution in [0.15, 0.2) is 0 Å². The summed E-state index contributed by atoms with van der Waals surface area (Å²) < 4.78 is 0. The van der Waals surface area contributed by atoms with Gasteiger partial charge in [0.25, 0.3) is 5.91 Å². The van der Waals surface area contributed by atoms with Crippen LogP contribution in [0, 0.1) is 0 Å². The summed E-state index contributed by atoms with van der Waals surface area (Å²) in [5, 5.41) is 0.0731. The second-order valence-corrected chi connectivity index (χ2v) is 6.08. The number of hydrogen-bond acceptors (Lipinski definition) is 2. The van der Waals surface area contributed by atoms with E-state index in [0.29, 0.717) is 0 Å². The van der Waals surface area contributed by atoms with Crippen LogP contribution in [0.2, 0.25) is 20.2 Å². The fraction of sp³-hybridized carbons (Fsp3) is 0.500. The Labute approximate surface area is 132 Å². The van der Waals surface area contributed by atoms with Crippen molar-refractivity contribution in [2.75, 3.05) is 0 Å². The van der Waals surface area contributed by atoms with E-state index in [-0.39, 0.29) is 43.9 Å². The molecule has 1 amide bonds. The first-order valence-corrected chi connectivity index (χ1v) is 7.22. The number of hydrogen-bond donors (Lipinski definition) is 0. The summed E-state index contributed by atoms with van der Waals surface area (Å²) in [7, 11) is 0. The lowest BCUT2D eigenvalue weighted by Gasteiger charge is -2.30.